The molecule has 97 heavy (non-hydrogen) atoms. The zero-order chi connectivity index (χ0) is 63.2. The van der Waals surface area contributed by atoms with Gasteiger partial charge in [0.15, 0.2) is 0 Å². The molecule has 2 heterocycles. The SMILES string of the molecule is Cc1ccc(N(c2ccc3c(c2)C2(c4ccccc4-c4ccccc42)c2cc4c(cc2-3)C2(c3ccccc3-c3ccccc32)c2ccc3oc5ccccc5c3c2-4)c2ccc3c(c2)C2(c4ccccc4-c4ccccc42)c2cc(-c4ccccc4)c4oc5ccccc5c4c2-3)cc1. The quantitative estimate of drug-likeness (QED) is 0.176. The van der Waals surface area contributed by atoms with Crippen LogP contribution < -0.4 is 4.90 Å². The maximum Gasteiger partial charge on any atom is 0.143 e. The molecule has 0 saturated carbocycles. The molecule has 0 unspecified atom stereocenters. The molecule has 6 aliphatic rings. The normalized spacial score (nSPS) is 14.7. The number of hydrogen-bond donors (Lipinski definition) is 0. The van der Waals surface area contributed by atoms with Gasteiger partial charge in [0.25, 0.3) is 0 Å². The van der Waals surface area contributed by atoms with Gasteiger partial charge in [0, 0.05) is 44.2 Å². The third kappa shape index (κ3) is 6.18. The molecule has 0 atom stereocenters. The van der Waals surface area contributed by atoms with Gasteiger partial charge in [0.05, 0.1) is 16.2 Å². The van der Waals surface area contributed by atoms with Crippen molar-refractivity contribution in [2.75, 3.05) is 4.90 Å². The number of para-hydroxylation sites is 2. The van der Waals surface area contributed by atoms with Gasteiger partial charge in [-0.05, 0) is 219 Å². The maximum atomic E-state index is 7.11. The molecule has 3 spiro atoms. The molecule has 0 bridgehead atoms. The smallest absolute Gasteiger partial charge is 0.143 e. The molecule has 448 valence electrons. The second-order valence-electron chi connectivity index (χ2n) is 27.6. The molecule has 0 radical (unpaired) electrons. The summed E-state index contributed by atoms with van der Waals surface area (Å²) in [6, 6.07) is 120. The highest BCUT2D eigenvalue weighted by atomic mass is 16.3. The minimum atomic E-state index is -0.703. The molecule has 15 aromatic carbocycles. The predicted molar refractivity (Wildman–Crippen MR) is 395 cm³/mol. The van der Waals surface area contributed by atoms with E-state index in [9.17, 15) is 0 Å². The average Bonchev–Trinajstić information content (AvgIpc) is 1.50. The summed E-state index contributed by atoms with van der Waals surface area (Å²) in [6.07, 6.45) is 0. The van der Waals surface area contributed by atoms with Crippen LogP contribution in [0.2, 0.25) is 0 Å². The Labute approximate surface area is 560 Å². The maximum absolute atomic E-state index is 7.11. The van der Waals surface area contributed by atoms with Crippen LogP contribution in [-0.4, -0.2) is 0 Å². The number of aryl methyl sites for hydroxylation is 1. The van der Waals surface area contributed by atoms with Crippen LogP contribution in [0.3, 0.4) is 0 Å². The van der Waals surface area contributed by atoms with Crippen LogP contribution in [0.15, 0.2) is 324 Å². The Kier molecular flexibility index (Phi) is 9.85. The van der Waals surface area contributed by atoms with Gasteiger partial charge in [0.1, 0.15) is 22.3 Å². The van der Waals surface area contributed by atoms with E-state index in [-0.39, 0.29) is 0 Å². The fraction of sp³-hybridized carbons (Fsp3) is 0.0426. The van der Waals surface area contributed by atoms with Crippen molar-refractivity contribution in [1.29, 1.82) is 0 Å². The summed E-state index contributed by atoms with van der Waals surface area (Å²) in [6.45, 7) is 2.19. The molecule has 2 aromatic heterocycles. The number of fused-ring (bicyclic) bond motifs is 38. The minimum absolute atomic E-state index is 0.604. The van der Waals surface area contributed by atoms with Gasteiger partial charge in [-0.2, -0.15) is 0 Å². The predicted octanol–water partition coefficient (Wildman–Crippen LogP) is 24.0. The molecular weight excluding hydrogens is 1180 g/mol. The summed E-state index contributed by atoms with van der Waals surface area (Å²) in [5.74, 6) is 0. The third-order valence-corrected chi connectivity index (χ3v) is 23.4. The highest BCUT2D eigenvalue weighted by molar-refractivity contribution is 6.21. The van der Waals surface area contributed by atoms with Gasteiger partial charge >= 0.3 is 0 Å². The van der Waals surface area contributed by atoms with Crippen LogP contribution >= 0.6 is 0 Å². The minimum Gasteiger partial charge on any atom is -0.456 e. The van der Waals surface area contributed by atoms with E-state index in [4.69, 9.17) is 8.83 Å². The van der Waals surface area contributed by atoms with E-state index in [1.54, 1.807) is 0 Å². The van der Waals surface area contributed by atoms with Crippen molar-refractivity contribution in [3.05, 3.63) is 388 Å². The van der Waals surface area contributed by atoms with Crippen molar-refractivity contribution >= 4 is 60.9 Å². The summed E-state index contributed by atoms with van der Waals surface area (Å²) in [5, 5.41) is 4.58. The topological polar surface area (TPSA) is 29.5 Å². The number of benzene rings is 15. The van der Waals surface area contributed by atoms with Crippen LogP contribution in [0.1, 0.15) is 72.3 Å². The first-order valence-corrected chi connectivity index (χ1v) is 34.0. The second kappa shape index (κ2) is 18.3. The molecule has 23 rings (SSSR count). The molecule has 0 N–H and O–H groups in total. The largest absolute Gasteiger partial charge is 0.456 e. The van der Waals surface area contributed by atoms with Crippen molar-refractivity contribution in [3.63, 3.8) is 0 Å². The van der Waals surface area contributed by atoms with Gasteiger partial charge in [-0.25, -0.2) is 0 Å². The van der Waals surface area contributed by atoms with E-state index < -0.39 is 16.2 Å². The number of anilines is 3. The summed E-state index contributed by atoms with van der Waals surface area (Å²) in [4.78, 5) is 2.55. The molecule has 17 aromatic rings. The zero-order valence-corrected chi connectivity index (χ0v) is 52.8. The molecular formula is C94H55NO2. The number of hydrogen-bond acceptors (Lipinski definition) is 3. The Morgan fingerprint density at radius 1 is 0.237 bits per heavy atom. The van der Waals surface area contributed by atoms with Crippen molar-refractivity contribution in [2.24, 2.45) is 0 Å². The highest BCUT2D eigenvalue weighted by Crippen LogP contribution is 2.71. The van der Waals surface area contributed by atoms with Crippen LogP contribution in [0.25, 0.3) is 122 Å². The fourth-order valence-corrected chi connectivity index (χ4v) is 19.8. The lowest BCUT2D eigenvalue weighted by Crippen LogP contribution is -2.27. The van der Waals surface area contributed by atoms with Gasteiger partial charge in [0.2, 0.25) is 0 Å². The van der Waals surface area contributed by atoms with Crippen LogP contribution in [0, 0.1) is 6.92 Å². The van der Waals surface area contributed by atoms with Crippen molar-refractivity contribution in [1.82, 2.24) is 0 Å². The Bertz CT molecular complexity index is 6280. The molecule has 0 fully saturated rings. The monoisotopic (exact) mass is 1230 g/mol. The molecule has 3 heteroatoms. The van der Waals surface area contributed by atoms with Gasteiger partial charge in [-0.15, -0.1) is 0 Å². The van der Waals surface area contributed by atoms with E-state index in [0.29, 0.717) is 0 Å². The third-order valence-electron chi connectivity index (χ3n) is 23.4. The van der Waals surface area contributed by atoms with E-state index in [0.717, 1.165) is 66.7 Å². The summed E-state index contributed by atoms with van der Waals surface area (Å²) >= 11 is 0. The second-order valence-corrected chi connectivity index (χ2v) is 27.6. The summed E-state index contributed by atoms with van der Waals surface area (Å²) in [7, 11) is 0. The summed E-state index contributed by atoms with van der Waals surface area (Å²) in [5.41, 5.74) is 38.9. The van der Waals surface area contributed by atoms with Crippen molar-refractivity contribution in [2.45, 2.75) is 23.2 Å². The molecule has 6 aliphatic carbocycles. The van der Waals surface area contributed by atoms with Crippen LogP contribution in [0.5, 0.6) is 0 Å². The molecule has 0 saturated heterocycles. The van der Waals surface area contributed by atoms with Crippen molar-refractivity contribution < 1.29 is 8.83 Å². The van der Waals surface area contributed by atoms with E-state index in [1.807, 2.05) is 0 Å². The van der Waals surface area contributed by atoms with E-state index >= 15 is 0 Å². The number of rotatable bonds is 4. The van der Waals surface area contributed by atoms with E-state index in [1.165, 1.54) is 144 Å². The Hall–Kier alpha value is -12.3. The fourth-order valence-electron chi connectivity index (χ4n) is 19.8. The van der Waals surface area contributed by atoms with Gasteiger partial charge < -0.3 is 13.7 Å². The zero-order valence-electron chi connectivity index (χ0n) is 52.8. The Morgan fingerprint density at radius 2 is 0.629 bits per heavy atom. The molecule has 0 amide bonds. The van der Waals surface area contributed by atoms with Gasteiger partial charge in [-0.3, -0.25) is 0 Å². The highest BCUT2D eigenvalue weighted by Gasteiger charge is 2.58. The summed E-state index contributed by atoms with van der Waals surface area (Å²) < 4.78 is 14.0. The first kappa shape index (κ1) is 52.1. The van der Waals surface area contributed by atoms with Gasteiger partial charge in [-0.1, -0.05) is 248 Å². The standard InChI is InChI=1S/C94H55NO2/c1-54-39-41-56(42-40-54)95(58-44-46-66-80(50-58)94(76-35-17-9-27-63(76)64-28-10-18-36-77(64)94)83-51-69(55-21-3-2-4-22-55)91-90(87(66)83)68-30-12-20-38-85(68)97-91)57-43-45-65-70-52-82-71(53-81(70)93(79(65)49-57)74-33-15-7-25-61(74)62-26-8-16-34-75(62)93)88-78(47-48-86-89(88)67-29-11-19-37-84(67)96-86)92(82)72-31-13-5-23-59(72)60-24-6-14-32-73(60)92/h2-53H,1H3. The van der Waals surface area contributed by atoms with Crippen molar-refractivity contribution in [3.8, 4) is 77.9 Å². The molecule has 0 aliphatic heterocycles. The Balaban J connectivity index is 0.812. The average molecular weight is 1230 g/mol. The van der Waals surface area contributed by atoms with Crippen LogP contribution in [0.4, 0.5) is 17.1 Å². The lowest BCUT2D eigenvalue weighted by molar-refractivity contribution is 0.668. The van der Waals surface area contributed by atoms with E-state index in [2.05, 4.69) is 327 Å². The lowest BCUT2D eigenvalue weighted by atomic mass is 9.68. The first-order valence-electron chi connectivity index (χ1n) is 34.0. The first-order chi connectivity index (χ1) is 48.0. The molecule has 3 nitrogen and oxygen atoms in total. The van der Waals surface area contributed by atoms with Crippen LogP contribution in [-0.2, 0) is 16.2 Å². The Morgan fingerprint density at radius 3 is 1.20 bits per heavy atom. The number of furan rings is 2. The number of nitrogens with zero attached hydrogens (tertiary/aromatic N) is 1. The lowest BCUT2D eigenvalue weighted by Gasteiger charge is -2.34.